The number of ether oxygens (including phenoxy) is 2. The third-order valence-corrected chi connectivity index (χ3v) is 11.5. The van der Waals surface area contributed by atoms with Crippen LogP contribution in [0.15, 0.2) is 42.5 Å². The molecular weight excluding hydrogens is 518 g/mol. The van der Waals surface area contributed by atoms with Gasteiger partial charge in [-0.1, -0.05) is 57.5 Å². The lowest BCUT2D eigenvalue weighted by Gasteiger charge is -2.42. The van der Waals surface area contributed by atoms with Crippen molar-refractivity contribution in [1.29, 1.82) is 0 Å². The van der Waals surface area contributed by atoms with Crippen LogP contribution in [-0.4, -0.2) is 19.6 Å². The van der Waals surface area contributed by atoms with E-state index in [1.165, 1.54) is 6.42 Å². The summed E-state index contributed by atoms with van der Waals surface area (Å²) < 4.78 is 27.2. The van der Waals surface area contributed by atoms with Crippen LogP contribution < -0.4 is 10.0 Å². The molecule has 2 aromatic carbocycles. The Morgan fingerprint density at radius 1 is 1.16 bits per heavy atom. The molecule has 1 fully saturated rings. The van der Waals surface area contributed by atoms with E-state index >= 15 is 4.57 Å². The van der Waals surface area contributed by atoms with Gasteiger partial charge in [0.25, 0.3) is 0 Å². The summed E-state index contributed by atoms with van der Waals surface area (Å²) in [7, 11) is -1.19. The monoisotopic (exact) mass is 550 g/mol. The number of hydrogen-bond acceptors (Lipinski definition) is 3. The van der Waals surface area contributed by atoms with E-state index in [2.05, 4.69) is 73.7 Å². The highest BCUT2D eigenvalue weighted by atomic mass is 127. The van der Waals surface area contributed by atoms with Crippen LogP contribution >= 0.6 is 29.7 Å². The van der Waals surface area contributed by atoms with E-state index in [4.69, 9.17) is 9.47 Å². The molecular formula is C26H32IO3P. The maximum atomic E-state index is 15.3. The number of rotatable bonds is 6. The number of methoxy groups -OCH3 is 1. The molecule has 2 aromatic rings. The lowest BCUT2D eigenvalue weighted by molar-refractivity contribution is 0.0505. The number of benzene rings is 2. The largest absolute Gasteiger partial charge is 0.466 e. The Morgan fingerprint density at radius 2 is 1.90 bits per heavy atom. The molecule has 4 rings (SSSR count). The van der Waals surface area contributed by atoms with Crippen molar-refractivity contribution in [1.82, 2.24) is 0 Å². The Labute approximate surface area is 200 Å². The van der Waals surface area contributed by atoms with Gasteiger partial charge < -0.3 is 14.0 Å². The molecule has 1 aliphatic carbocycles. The van der Waals surface area contributed by atoms with E-state index < -0.39 is 7.14 Å². The summed E-state index contributed by atoms with van der Waals surface area (Å²) >= 11 is 2.30. The first-order valence-corrected chi connectivity index (χ1v) is 14.0. The summed E-state index contributed by atoms with van der Waals surface area (Å²) in [5.41, 5.74) is 2.30. The van der Waals surface area contributed by atoms with Crippen molar-refractivity contribution in [2.24, 2.45) is 17.8 Å². The highest BCUT2D eigenvalue weighted by Gasteiger charge is 2.49. The minimum atomic E-state index is -2.82. The topological polar surface area (TPSA) is 35.5 Å². The van der Waals surface area contributed by atoms with E-state index in [0.717, 1.165) is 43.9 Å². The predicted octanol–water partition coefficient (Wildman–Crippen LogP) is 7.23. The Morgan fingerprint density at radius 3 is 2.58 bits per heavy atom. The minimum Gasteiger partial charge on any atom is -0.466 e. The molecule has 0 radical (unpaired) electrons. The molecule has 0 spiro atoms. The zero-order valence-electron chi connectivity index (χ0n) is 18.8. The Kier molecular flexibility index (Phi) is 7.00. The van der Waals surface area contributed by atoms with Gasteiger partial charge in [-0.2, -0.15) is 0 Å². The molecule has 31 heavy (non-hydrogen) atoms. The van der Waals surface area contributed by atoms with Gasteiger partial charge in [0.1, 0.15) is 12.9 Å². The van der Waals surface area contributed by atoms with Crippen molar-refractivity contribution < 1.29 is 14.0 Å². The van der Waals surface area contributed by atoms with Gasteiger partial charge in [0.2, 0.25) is 0 Å². The fourth-order valence-electron chi connectivity index (χ4n) is 5.38. The Bertz CT molecular complexity index is 1010. The summed E-state index contributed by atoms with van der Waals surface area (Å²) in [5, 5.41) is 2.04. The first kappa shape index (κ1) is 23.1. The van der Waals surface area contributed by atoms with Crippen molar-refractivity contribution in [3.05, 3.63) is 57.2 Å². The van der Waals surface area contributed by atoms with E-state index in [1.54, 1.807) is 7.11 Å². The first-order chi connectivity index (χ1) is 14.9. The van der Waals surface area contributed by atoms with Crippen molar-refractivity contribution in [3.63, 3.8) is 0 Å². The molecule has 0 N–H and O–H groups in total. The summed E-state index contributed by atoms with van der Waals surface area (Å²) in [4.78, 5) is 0. The van der Waals surface area contributed by atoms with Crippen LogP contribution in [0.4, 0.5) is 0 Å². The highest BCUT2D eigenvalue weighted by molar-refractivity contribution is 14.1. The van der Waals surface area contributed by atoms with Crippen LogP contribution in [0, 0.1) is 21.3 Å². The van der Waals surface area contributed by atoms with Gasteiger partial charge in [0.05, 0.1) is 3.57 Å². The third kappa shape index (κ3) is 4.28. The van der Waals surface area contributed by atoms with Crippen LogP contribution in [-0.2, 0) is 9.30 Å². The maximum absolute atomic E-state index is 15.3. The summed E-state index contributed by atoms with van der Waals surface area (Å²) in [6, 6.07) is 14.5. The zero-order chi connectivity index (χ0) is 22.2. The lowest BCUT2D eigenvalue weighted by atomic mass is 9.77. The van der Waals surface area contributed by atoms with E-state index in [-0.39, 0.29) is 12.5 Å². The summed E-state index contributed by atoms with van der Waals surface area (Å²) in [6.07, 6.45) is 5.59. The van der Waals surface area contributed by atoms with Crippen LogP contribution in [0.2, 0.25) is 0 Å². The number of hydrogen-bond donors (Lipinski definition) is 0. The molecule has 4 atom stereocenters. The van der Waals surface area contributed by atoms with E-state index in [9.17, 15) is 0 Å². The fourth-order valence-corrected chi connectivity index (χ4v) is 10.6. The second-order valence-electron chi connectivity index (χ2n) is 9.34. The fraction of sp³-hybridized carbons (Fsp3) is 0.462. The van der Waals surface area contributed by atoms with Crippen LogP contribution in [0.3, 0.4) is 0 Å². The molecule has 1 unspecified atom stereocenters. The quantitative estimate of drug-likeness (QED) is 0.216. The summed E-state index contributed by atoms with van der Waals surface area (Å²) in [5.74, 6) is 2.39. The molecule has 0 bridgehead atoms. The minimum absolute atomic E-state index is 0.186. The van der Waals surface area contributed by atoms with Gasteiger partial charge in [-0.15, -0.1) is 0 Å². The molecule has 0 amide bonds. The van der Waals surface area contributed by atoms with Gasteiger partial charge in [-0.25, -0.2) is 0 Å². The highest BCUT2D eigenvalue weighted by Crippen LogP contribution is 2.70. The molecule has 1 saturated carbocycles. The van der Waals surface area contributed by atoms with Crippen molar-refractivity contribution >= 4 is 46.4 Å². The number of halogens is 1. The third-order valence-electron chi connectivity index (χ3n) is 6.95. The van der Waals surface area contributed by atoms with Gasteiger partial charge >= 0.3 is 0 Å². The van der Waals surface area contributed by atoms with E-state index in [1.807, 2.05) is 18.2 Å². The normalized spacial score (nSPS) is 27.8. The molecule has 3 nitrogen and oxygen atoms in total. The van der Waals surface area contributed by atoms with Crippen molar-refractivity contribution in [2.75, 3.05) is 13.9 Å². The predicted molar refractivity (Wildman–Crippen MR) is 138 cm³/mol. The average molecular weight is 550 g/mol. The molecule has 0 saturated heterocycles. The van der Waals surface area contributed by atoms with Gasteiger partial charge in [0.15, 0.2) is 6.79 Å². The Balaban J connectivity index is 1.89. The SMILES string of the molecule is COCOc1cc2c(cc1I)P(=O)([C@H]1C[C@@H](C)CC[C@@H]1C(C)C)C(c1ccccc1)=C2. The average Bonchev–Trinajstić information content (AvgIpc) is 3.05. The molecule has 5 heteroatoms. The lowest BCUT2D eigenvalue weighted by Crippen LogP contribution is -2.34. The molecule has 2 aliphatic rings. The van der Waals surface area contributed by atoms with Gasteiger partial charge in [0, 0.05) is 23.4 Å². The van der Waals surface area contributed by atoms with Crippen molar-refractivity contribution in [3.8, 4) is 5.75 Å². The molecule has 166 valence electrons. The van der Waals surface area contributed by atoms with Crippen LogP contribution in [0.5, 0.6) is 5.75 Å². The Hall–Kier alpha value is -1.10. The zero-order valence-corrected chi connectivity index (χ0v) is 21.9. The smallest absolute Gasteiger partial charge is 0.188 e. The van der Waals surface area contributed by atoms with Gasteiger partial charge in [-0.05, 0) is 82.5 Å². The van der Waals surface area contributed by atoms with E-state index in [0.29, 0.717) is 17.8 Å². The van der Waals surface area contributed by atoms with Crippen molar-refractivity contribution in [2.45, 2.75) is 45.7 Å². The first-order valence-electron chi connectivity index (χ1n) is 11.2. The van der Waals surface area contributed by atoms with Gasteiger partial charge in [-0.3, -0.25) is 0 Å². The van der Waals surface area contributed by atoms with Crippen LogP contribution in [0.1, 0.15) is 51.2 Å². The summed E-state index contributed by atoms with van der Waals surface area (Å²) in [6.45, 7) is 7.13. The maximum Gasteiger partial charge on any atom is 0.188 e. The molecule has 0 aromatic heterocycles. The standard InChI is InChI=1S/C26H32IO3P/c1-17(2)21-11-10-18(3)12-26(21)31(28)24(19-8-6-5-7-9-19)14-20-13-23(30-16-29-4)22(27)15-25(20)31/h5-9,13-15,17-18,21,26H,10-12,16H2,1-4H3/t18-,21+,26-,31?/m0/s1. The second kappa shape index (κ2) is 9.41. The number of fused-ring (bicyclic) bond motifs is 1. The second-order valence-corrected chi connectivity index (χ2v) is 13.4. The van der Waals surface area contributed by atoms with Crippen LogP contribution in [0.25, 0.3) is 11.4 Å². The molecule has 1 heterocycles. The molecule has 1 aliphatic heterocycles.